The van der Waals surface area contributed by atoms with E-state index in [-0.39, 0.29) is 29.5 Å². The average Bonchev–Trinajstić information content (AvgIpc) is 3.14. The average molecular weight is 781 g/mol. The molecule has 0 aliphatic carbocycles. The lowest BCUT2D eigenvalue weighted by Gasteiger charge is -2.37. The van der Waals surface area contributed by atoms with E-state index >= 15 is 0 Å². The van der Waals surface area contributed by atoms with E-state index in [0.717, 1.165) is 29.5 Å². The molecule has 2 aliphatic heterocycles. The second-order valence-corrected chi connectivity index (χ2v) is 22.8. The Morgan fingerprint density at radius 3 is 1.62 bits per heavy atom. The molecule has 0 atom stereocenters. The maximum atomic E-state index is 13.8. The third-order valence-corrected chi connectivity index (χ3v) is 15.3. The summed E-state index contributed by atoms with van der Waals surface area (Å²) in [5.41, 5.74) is 2.00. The van der Waals surface area contributed by atoms with Crippen LogP contribution in [-0.4, -0.2) is 74.3 Å². The van der Waals surface area contributed by atoms with E-state index in [1.165, 1.54) is 0 Å². The Bertz CT molecular complexity index is 1610. The minimum atomic E-state index is -1.89. The molecule has 3 aromatic rings. The second kappa shape index (κ2) is 17.7. The Hall–Kier alpha value is -2.84. The summed E-state index contributed by atoms with van der Waals surface area (Å²) < 4.78 is 54.6. The fourth-order valence-corrected chi connectivity index (χ4v) is 7.54. The Morgan fingerprint density at radius 1 is 0.709 bits per heavy atom. The number of methoxy groups -OCH3 is 2. The van der Waals surface area contributed by atoms with Gasteiger partial charge in [-0.15, -0.1) is 0 Å². The summed E-state index contributed by atoms with van der Waals surface area (Å²) in [6, 6.07) is 19.3. The number of hydrogen-bond donors (Lipinski definition) is 1. The number of ether oxygens (including phenoxy) is 8. The second-order valence-electron chi connectivity index (χ2n) is 18.0. The predicted octanol–water partition coefficient (Wildman–Crippen LogP) is 9.03. The third-order valence-electron chi connectivity index (χ3n) is 10.7. The van der Waals surface area contributed by atoms with Crippen molar-refractivity contribution in [2.75, 3.05) is 60.8 Å². The van der Waals surface area contributed by atoms with Gasteiger partial charge in [0.25, 0.3) is 0 Å². The van der Waals surface area contributed by atoms with Crippen LogP contribution in [0.2, 0.25) is 18.1 Å². The van der Waals surface area contributed by atoms with Crippen LogP contribution in [-0.2, 0) is 44.9 Å². The first-order chi connectivity index (χ1) is 25.9. The normalized spacial score (nSPS) is 18.3. The minimum Gasteiger partial charge on any atom is -0.467 e. The van der Waals surface area contributed by atoms with E-state index in [1.54, 1.807) is 14.2 Å². The molecule has 0 spiro atoms. The molecule has 2 heterocycles. The number of rotatable bonds is 16. The molecular weight excluding hydrogens is 717 g/mol. The zero-order chi connectivity index (χ0) is 40.1. The van der Waals surface area contributed by atoms with Gasteiger partial charge >= 0.3 is 0 Å². The topological polar surface area (TPSA) is 103 Å². The molecule has 304 valence electrons. The van der Waals surface area contributed by atoms with Crippen LogP contribution in [0.1, 0.15) is 101 Å². The van der Waals surface area contributed by atoms with Gasteiger partial charge in [-0.25, -0.2) is 0 Å². The van der Waals surface area contributed by atoms with Gasteiger partial charge < -0.3 is 47.4 Å². The standard InChI is InChI=1S/C44H64O10Si/c1-41(2,3)55(10,11)54-21-13-15-31-14-12-16-34(22-31)44(45,35-23-32(17-19-37(35)52-29-46-8)39-48-25-42(4,5)26-49-39)36-24-33(18-20-38(36)53-30-47-9)40-50-27-43(6,7)28-51-40/h12,14,16-20,22-24,39-40,45H,13,15,21,25-30H2,1-11H3. The van der Waals surface area contributed by atoms with Crippen molar-refractivity contribution in [2.24, 2.45) is 10.8 Å². The van der Waals surface area contributed by atoms with Crippen molar-refractivity contribution in [1.82, 2.24) is 0 Å². The molecule has 10 nitrogen and oxygen atoms in total. The Labute approximate surface area is 329 Å². The summed E-state index contributed by atoms with van der Waals surface area (Å²) in [7, 11) is 1.24. The Balaban J connectivity index is 1.65. The minimum absolute atomic E-state index is 0.0338. The fraction of sp³-hybridized carbons (Fsp3) is 0.591. The van der Waals surface area contributed by atoms with Crippen molar-refractivity contribution in [1.29, 1.82) is 0 Å². The number of aryl methyl sites for hydroxylation is 1. The first kappa shape index (κ1) is 43.3. The van der Waals surface area contributed by atoms with Crippen LogP contribution in [0.5, 0.6) is 11.5 Å². The van der Waals surface area contributed by atoms with Gasteiger partial charge in [0.2, 0.25) is 0 Å². The summed E-state index contributed by atoms with van der Waals surface area (Å²) in [4.78, 5) is 0. The van der Waals surface area contributed by atoms with Crippen LogP contribution >= 0.6 is 0 Å². The Kier molecular flexibility index (Phi) is 14.0. The molecule has 2 fully saturated rings. The van der Waals surface area contributed by atoms with Crippen LogP contribution in [0.25, 0.3) is 0 Å². The zero-order valence-electron chi connectivity index (χ0n) is 34.9. The van der Waals surface area contributed by atoms with Gasteiger partial charge in [-0.3, -0.25) is 0 Å². The highest BCUT2D eigenvalue weighted by Gasteiger charge is 2.42. The van der Waals surface area contributed by atoms with E-state index in [4.69, 9.17) is 42.3 Å². The molecule has 55 heavy (non-hydrogen) atoms. The molecule has 2 saturated heterocycles. The number of aliphatic hydroxyl groups is 1. The number of hydrogen-bond acceptors (Lipinski definition) is 10. The van der Waals surface area contributed by atoms with E-state index < -0.39 is 26.5 Å². The lowest BCUT2D eigenvalue weighted by molar-refractivity contribution is -0.226. The molecule has 3 aromatic carbocycles. The molecule has 0 amide bonds. The first-order valence-electron chi connectivity index (χ1n) is 19.3. The maximum absolute atomic E-state index is 13.8. The van der Waals surface area contributed by atoms with E-state index in [1.807, 2.05) is 48.5 Å². The highest BCUT2D eigenvalue weighted by atomic mass is 28.4. The van der Waals surface area contributed by atoms with Crippen molar-refractivity contribution in [3.63, 3.8) is 0 Å². The summed E-state index contributed by atoms with van der Waals surface area (Å²) in [6.45, 7) is 22.4. The highest BCUT2D eigenvalue weighted by Crippen LogP contribution is 2.48. The summed E-state index contributed by atoms with van der Waals surface area (Å²) in [5, 5.41) is 13.9. The Morgan fingerprint density at radius 2 is 1.18 bits per heavy atom. The molecule has 0 saturated carbocycles. The van der Waals surface area contributed by atoms with Gasteiger partial charge in [0, 0.05) is 53.9 Å². The molecule has 11 heteroatoms. The van der Waals surface area contributed by atoms with Crippen LogP contribution in [0.3, 0.4) is 0 Å². The molecule has 0 unspecified atom stereocenters. The van der Waals surface area contributed by atoms with Gasteiger partial charge in [-0.05, 0) is 66.4 Å². The van der Waals surface area contributed by atoms with Crippen molar-refractivity contribution in [3.8, 4) is 11.5 Å². The highest BCUT2D eigenvalue weighted by molar-refractivity contribution is 6.74. The van der Waals surface area contributed by atoms with Gasteiger partial charge in [0.15, 0.2) is 34.5 Å². The summed E-state index contributed by atoms with van der Waals surface area (Å²) in [6.07, 6.45) is 0.325. The van der Waals surface area contributed by atoms with E-state index in [2.05, 4.69) is 73.7 Å². The van der Waals surface area contributed by atoms with E-state index in [9.17, 15) is 5.11 Å². The maximum Gasteiger partial charge on any atom is 0.191 e. The zero-order valence-corrected chi connectivity index (χ0v) is 35.9. The third kappa shape index (κ3) is 10.6. The largest absolute Gasteiger partial charge is 0.467 e. The van der Waals surface area contributed by atoms with Gasteiger partial charge in [0.1, 0.15) is 17.1 Å². The smallest absolute Gasteiger partial charge is 0.191 e. The molecular formula is C44H64O10Si. The lowest BCUT2D eigenvalue weighted by atomic mass is 9.77. The summed E-state index contributed by atoms with van der Waals surface area (Å²) in [5.74, 6) is 0.847. The molecule has 0 bridgehead atoms. The van der Waals surface area contributed by atoms with Crippen molar-refractivity contribution in [3.05, 3.63) is 94.0 Å². The summed E-state index contributed by atoms with van der Waals surface area (Å²) >= 11 is 0. The molecule has 5 rings (SSSR count). The first-order valence-corrected chi connectivity index (χ1v) is 22.2. The molecule has 1 N–H and O–H groups in total. The van der Waals surface area contributed by atoms with Gasteiger partial charge in [0.05, 0.1) is 26.4 Å². The molecule has 2 aliphatic rings. The van der Waals surface area contributed by atoms with Crippen LogP contribution < -0.4 is 9.47 Å². The van der Waals surface area contributed by atoms with Crippen LogP contribution in [0.4, 0.5) is 0 Å². The fourth-order valence-electron chi connectivity index (χ4n) is 6.45. The number of benzene rings is 3. The van der Waals surface area contributed by atoms with Crippen LogP contribution in [0, 0.1) is 10.8 Å². The SMILES string of the molecule is COCOc1ccc(C2OCC(C)(C)CO2)cc1C(O)(c1cccc(CCCO[Si](C)(C)C(C)(C)C)c1)c1cc(C2OCC(C)(C)CO2)ccc1OCOC. The van der Waals surface area contributed by atoms with Gasteiger partial charge in [-0.2, -0.15) is 0 Å². The van der Waals surface area contributed by atoms with Crippen molar-refractivity contribution >= 4 is 8.32 Å². The lowest BCUT2D eigenvalue weighted by Crippen LogP contribution is -2.41. The van der Waals surface area contributed by atoms with Crippen LogP contribution in [0.15, 0.2) is 60.7 Å². The monoisotopic (exact) mass is 780 g/mol. The van der Waals surface area contributed by atoms with Gasteiger partial charge in [-0.1, -0.05) is 84.9 Å². The molecule has 0 aromatic heterocycles. The predicted molar refractivity (Wildman–Crippen MR) is 215 cm³/mol. The van der Waals surface area contributed by atoms with E-state index in [0.29, 0.717) is 61.2 Å². The van der Waals surface area contributed by atoms with Crippen molar-refractivity contribution < 1.29 is 47.4 Å². The quantitative estimate of drug-likeness (QED) is 0.0656. The molecule has 0 radical (unpaired) electrons. The van der Waals surface area contributed by atoms with Crippen molar-refractivity contribution in [2.45, 2.75) is 97.6 Å².